The summed E-state index contributed by atoms with van der Waals surface area (Å²) in [5.41, 5.74) is -1.52. The fourth-order valence-electron chi connectivity index (χ4n) is 7.31. The molecule has 0 aliphatic heterocycles. The van der Waals surface area contributed by atoms with Gasteiger partial charge < -0.3 is 10.2 Å². The molecule has 148 valence electrons. The third kappa shape index (κ3) is 2.21. The first-order valence-corrected chi connectivity index (χ1v) is 10.1. The number of carbonyl (C=O) groups excluding carboxylic acids is 2. The van der Waals surface area contributed by atoms with Gasteiger partial charge in [-0.2, -0.15) is 0 Å². The number of hydrogen-bond acceptors (Lipinski definition) is 4. The lowest BCUT2D eigenvalue weighted by atomic mass is 9.47. The van der Waals surface area contributed by atoms with Gasteiger partial charge in [-0.25, -0.2) is 4.39 Å². The minimum absolute atomic E-state index is 0.152. The predicted molar refractivity (Wildman–Crippen MR) is 98.3 cm³/mol. The molecular formula is C22H29FO4. The first kappa shape index (κ1) is 19.0. The molecule has 0 saturated heterocycles. The average Bonchev–Trinajstić information content (AvgIpc) is 2.83. The molecule has 27 heavy (non-hydrogen) atoms. The Morgan fingerprint density at radius 3 is 2.67 bits per heavy atom. The molecule has 2 N–H and O–H groups in total. The number of allylic oxidation sites excluding steroid dienone is 4. The average molecular weight is 376 g/mol. The first-order valence-electron chi connectivity index (χ1n) is 10.1. The molecule has 0 aromatic rings. The molecule has 3 fully saturated rings. The Bertz CT molecular complexity index is 770. The van der Waals surface area contributed by atoms with Gasteiger partial charge in [-0.1, -0.05) is 26.3 Å². The second kappa shape index (κ2) is 5.84. The van der Waals surface area contributed by atoms with E-state index >= 15 is 0 Å². The molecule has 0 heterocycles. The summed E-state index contributed by atoms with van der Waals surface area (Å²) in [6.07, 6.45) is 6.83. The summed E-state index contributed by atoms with van der Waals surface area (Å²) in [5, 5.41) is 20.9. The minimum Gasteiger partial charge on any atom is -0.388 e. The largest absolute Gasteiger partial charge is 0.388 e. The van der Waals surface area contributed by atoms with E-state index in [-0.39, 0.29) is 23.7 Å². The van der Waals surface area contributed by atoms with Gasteiger partial charge in [-0.05, 0) is 67.9 Å². The van der Waals surface area contributed by atoms with Crippen molar-refractivity contribution < 1.29 is 24.2 Å². The Labute approximate surface area is 159 Å². The summed E-state index contributed by atoms with van der Waals surface area (Å²) >= 11 is 0. The Morgan fingerprint density at radius 1 is 1.30 bits per heavy atom. The van der Waals surface area contributed by atoms with Crippen molar-refractivity contribution in [1.82, 2.24) is 0 Å². The summed E-state index contributed by atoms with van der Waals surface area (Å²) in [4.78, 5) is 24.3. The van der Waals surface area contributed by atoms with E-state index in [0.29, 0.717) is 6.42 Å². The van der Waals surface area contributed by atoms with Crippen LogP contribution in [0.1, 0.15) is 52.9 Å². The molecule has 4 aliphatic carbocycles. The molecule has 0 radical (unpaired) electrons. The van der Waals surface area contributed by atoms with E-state index < -0.39 is 40.4 Å². The smallest absolute Gasteiger partial charge is 0.213 e. The van der Waals surface area contributed by atoms with Gasteiger partial charge in [0.1, 0.15) is 12.2 Å². The molecule has 5 heteroatoms. The van der Waals surface area contributed by atoms with Crippen LogP contribution in [-0.2, 0) is 9.59 Å². The zero-order chi connectivity index (χ0) is 19.8. The molecule has 3 saturated carbocycles. The number of aliphatic hydroxyl groups is 2. The number of rotatable bonds is 2. The fourth-order valence-corrected chi connectivity index (χ4v) is 7.31. The van der Waals surface area contributed by atoms with Crippen molar-refractivity contribution >= 4 is 11.6 Å². The summed E-state index contributed by atoms with van der Waals surface area (Å²) < 4.78 is 14.2. The van der Waals surface area contributed by atoms with Gasteiger partial charge in [0.05, 0.1) is 0 Å². The van der Waals surface area contributed by atoms with Crippen LogP contribution in [0, 0.1) is 34.5 Å². The molecular weight excluding hydrogens is 347 g/mol. The Balaban J connectivity index is 1.74. The van der Waals surface area contributed by atoms with Gasteiger partial charge in [0, 0.05) is 10.8 Å². The van der Waals surface area contributed by atoms with Gasteiger partial charge in [-0.3, -0.25) is 9.59 Å². The van der Waals surface area contributed by atoms with Gasteiger partial charge in [-0.15, -0.1) is 0 Å². The zero-order valence-electron chi connectivity index (χ0n) is 16.3. The number of halogens is 1. The summed E-state index contributed by atoms with van der Waals surface area (Å²) in [7, 11) is 0. The molecule has 4 nitrogen and oxygen atoms in total. The highest BCUT2D eigenvalue weighted by Gasteiger charge is 2.68. The van der Waals surface area contributed by atoms with Crippen LogP contribution >= 0.6 is 0 Å². The van der Waals surface area contributed by atoms with E-state index in [2.05, 4.69) is 0 Å². The van der Waals surface area contributed by atoms with Crippen LogP contribution in [-0.4, -0.2) is 34.0 Å². The minimum atomic E-state index is -1.50. The molecule has 0 aromatic heterocycles. The highest BCUT2D eigenvalue weighted by Crippen LogP contribution is 2.68. The van der Waals surface area contributed by atoms with Crippen molar-refractivity contribution in [1.29, 1.82) is 0 Å². The van der Waals surface area contributed by atoms with Crippen LogP contribution in [0.4, 0.5) is 4.39 Å². The first-order chi connectivity index (χ1) is 12.6. The van der Waals surface area contributed by atoms with Crippen LogP contribution in [0.25, 0.3) is 0 Å². The van der Waals surface area contributed by atoms with E-state index in [9.17, 15) is 24.2 Å². The number of hydrogen-bond donors (Lipinski definition) is 2. The van der Waals surface area contributed by atoms with Gasteiger partial charge in [0.2, 0.25) is 5.78 Å². The maximum atomic E-state index is 14.2. The van der Waals surface area contributed by atoms with E-state index in [1.165, 1.54) is 12.2 Å². The maximum absolute atomic E-state index is 14.2. The summed E-state index contributed by atoms with van der Waals surface area (Å²) in [6.45, 7) is 5.30. The molecule has 7 atom stereocenters. The molecule has 0 spiro atoms. The summed E-state index contributed by atoms with van der Waals surface area (Å²) in [6, 6.07) is 0. The highest BCUT2D eigenvalue weighted by molar-refractivity contribution is 6.04. The predicted octanol–water partition coefficient (Wildman–Crippen LogP) is 3.13. The SMILES string of the molecule is C[C@@H]1C[C@H]2[C@@H]3CCC4=CC(=O)C(F)=C[C@]4(C)[C@H]3CC[C@]2(C)[C@@]1(O)C(=O)CO. The molecule has 0 amide bonds. The molecule has 0 aromatic carbocycles. The molecule has 4 aliphatic rings. The lowest BCUT2D eigenvalue weighted by molar-refractivity contribution is -0.169. The van der Waals surface area contributed by atoms with Crippen LogP contribution in [0.5, 0.6) is 0 Å². The van der Waals surface area contributed by atoms with Gasteiger partial charge >= 0.3 is 0 Å². The monoisotopic (exact) mass is 376 g/mol. The van der Waals surface area contributed by atoms with Crippen LogP contribution < -0.4 is 0 Å². The number of Topliss-reactive ketones (excluding diaryl/α,β-unsaturated/α-hetero) is 1. The number of fused-ring (bicyclic) bond motifs is 5. The van der Waals surface area contributed by atoms with Crippen LogP contribution in [0.3, 0.4) is 0 Å². The number of carbonyl (C=O) groups is 2. The van der Waals surface area contributed by atoms with E-state index in [0.717, 1.165) is 31.3 Å². The van der Waals surface area contributed by atoms with Crippen LogP contribution in [0.2, 0.25) is 0 Å². The zero-order valence-corrected chi connectivity index (χ0v) is 16.3. The third-order valence-corrected chi connectivity index (χ3v) is 8.76. The van der Waals surface area contributed by atoms with Crippen molar-refractivity contribution in [3.8, 4) is 0 Å². The quantitative estimate of drug-likeness (QED) is 0.776. The lowest BCUT2D eigenvalue weighted by Crippen LogP contribution is -2.59. The standard InChI is InChI=1S/C22H29FO4/c1-12-8-16-14-5-4-13-9-18(25)17(23)10-20(13,2)15(14)6-7-21(16,3)22(12,27)19(26)11-24/h9-10,12,14-16,24,27H,4-8,11H2,1-3H3/t12-,14-,15+,16+,20+,21+,22+/m1/s1. The molecule has 4 rings (SSSR count). The van der Waals surface area contributed by atoms with E-state index in [4.69, 9.17) is 0 Å². The highest BCUT2D eigenvalue weighted by atomic mass is 19.1. The van der Waals surface area contributed by atoms with E-state index in [1.807, 2.05) is 20.8 Å². The van der Waals surface area contributed by atoms with Crippen molar-refractivity contribution in [2.75, 3.05) is 6.61 Å². The third-order valence-electron chi connectivity index (χ3n) is 8.76. The Morgan fingerprint density at radius 2 is 2.00 bits per heavy atom. The normalized spacial score (nSPS) is 48.9. The Kier molecular flexibility index (Phi) is 4.11. The topological polar surface area (TPSA) is 74.6 Å². The maximum Gasteiger partial charge on any atom is 0.213 e. The second-order valence-corrected chi connectivity index (χ2v) is 9.66. The van der Waals surface area contributed by atoms with Crippen molar-refractivity contribution in [2.45, 2.75) is 58.5 Å². The van der Waals surface area contributed by atoms with Gasteiger partial charge in [0.25, 0.3) is 0 Å². The van der Waals surface area contributed by atoms with Crippen molar-refractivity contribution in [3.05, 3.63) is 23.6 Å². The van der Waals surface area contributed by atoms with E-state index in [1.54, 1.807) is 0 Å². The Hall–Kier alpha value is -1.33. The second-order valence-electron chi connectivity index (χ2n) is 9.66. The number of ketones is 2. The van der Waals surface area contributed by atoms with Crippen molar-refractivity contribution in [2.24, 2.45) is 34.5 Å². The summed E-state index contributed by atoms with van der Waals surface area (Å²) in [5.74, 6) is -1.26. The fraction of sp³-hybridized carbons (Fsp3) is 0.727. The van der Waals surface area contributed by atoms with Crippen LogP contribution in [0.15, 0.2) is 23.6 Å². The molecule has 0 unspecified atom stereocenters. The lowest BCUT2D eigenvalue weighted by Gasteiger charge is -2.58. The molecule has 0 bridgehead atoms. The van der Waals surface area contributed by atoms with Crippen molar-refractivity contribution in [3.63, 3.8) is 0 Å². The number of aliphatic hydroxyl groups excluding tert-OH is 1. The van der Waals surface area contributed by atoms with Gasteiger partial charge in [0.15, 0.2) is 11.6 Å².